The Morgan fingerprint density at radius 1 is 1.06 bits per heavy atom. The number of nitrogens with zero attached hydrogens (tertiary/aromatic N) is 2. The van der Waals surface area contributed by atoms with Gasteiger partial charge in [-0.05, 0) is 53.6 Å². The molecule has 0 atom stereocenters. The molecule has 0 saturated heterocycles. The molecule has 5 rings (SSSR count). The zero-order valence-electron chi connectivity index (χ0n) is 16.8. The highest BCUT2D eigenvalue weighted by Gasteiger charge is 2.11. The molecule has 31 heavy (non-hydrogen) atoms. The van der Waals surface area contributed by atoms with Crippen LogP contribution >= 0.6 is 0 Å². The number of esters is 1. The van der Waals surface area contributed by atoms with E-state index in [9.17, 15) is 9.59 Å². The molecule has 0 bridgehead atoms. The van der Waals surface area contributed by atoms with Crippen molar-refractivity contribution in [2.75, 3.05) is 6.61 Å². The largest absolute Gasteiger partial charge is 0.463 e. The van der Waals surface area contributed by atoms with Gasteiger partial charge in [0.05, 0.1) is 12.3 Å². The first-order chi connectivity index (χ1) is 15.1. The molecule has 0 saturated carbocycles. The van der Waals surface area contributed by atoms with Crippen LogP contribution in [0.4, 0.5) is 0 Å². The summed E-state index contributed by atoms with van der Waals surface area (Å²) in [5, 5.41) is 8.40. The Hall–Kier alpha value is -4.19. The second-order valence-corrected chi connectivity index (χ2v) is 7.21. The predicted molar refractivity (Wildman–Crippen MR) is 122 cm³/mol. The minimum absolute atomic E-state index is 0.239. The number of carbonyl (C=O) groups is 1. The number of ether oxygens (including phenoxy) is 1. The van der Waals surface area contributed by atoms with Crippen molar-refractivity contribution < 1.29 is 9.53 Å². The molecule has 6 heteroatoms. The number of nitrogens with one attached hydrogen (secondary N) is 1. The number of fused-ring (bicyclic) bond motifs is 4. The maximum absolute atomic E-state index is 12.6. The van der Waals surface area contributed by atoms with Gasteiger partial charge in [0.25, 0.3) is 5.56 Å². The van der Waals surface area contributed by atoms with E-state index in [-0.39, 0.29) is 5.56 Å². The molecule has 6 nitrogen and oxygen atoms in total. The Kier molecular flexibility index (Phi) is 4.59. The molecular formula is C25H19N3O3. The van der Waals surface area contributed by atoms with Gasteiger partial charge in [0.2, 0.25) is 0 Å². The maximum atomic E-state index is 12.6. The summed E-state index contributed by atoms with van der Waals surface area (Å²) in [6.45, 7) is 2.10. The standard InChI is InChI=1S/C25H19N3O3/c1-2-31-23(29)12-8-16-7-11-22-20(13-16)21-15-28(27-24(21)25(30)26-22)19-10-9-17-5-3-4-6-18(17)14-19/h3-15H,2H2,1H3,(H,26,30)/b12-8+. The summed E-state index contributed by atoms with van der Waals surface area (Å²) < 4.78 is 6.66. The Morgan fingerprint density at radius 2 is 1.90 bits per heavy atom. The molecule has 2 heterocycles. The van der Waals surface area contributed by atoms with E-state index in [1.165, 1.54) is 6.08 Å². The second-order valence-electron chi connectivity index (χ2n) is 7.21. The molecular weight excluding hydrogens is 390 g/mol. The van der Waals surface area contributed by atoms with Crippen LogP contribution in [-0.2, 0) is 9.53 Å². The number of aromatic nitrogens is 3. The van der Waals surface area contributed by atoms with Gasteiger partial charge < -0.3 is 9.72 Å². The van der Waals surface area contributed by atoms with Crippen LogP contribution in [0.1, 0.15) is 12.5 Å². The number of H-pyrrole nitrogens is 1. The van der Waals surface area contributed by atoms with Crippen molar-refractivity contribution in [2.24, 2.45) is 0 Å². The van der Waals surface area contributed by atoms with Crippen molar-refractivity contribution in [2.45, 2.75) is 6.92 Å². The SMILES string of the molecule is CCOC(=O)/C=C/c1ccc2[nH]c(=O)c3nn(-c4ccc5ccccc5c4)cc3c2c1. The number of hydrogen-bond donors (Lipinski definition) is 1. The average Bonchev–Trinajstić information content (AvgIpc) is 3.24. The molecule has 2 aromatic heterocycles. The fourth-order valence-corrected chi connectivity index (χ4v) is 3.72. The minimum atomic E-state index is -0.390. The number of benzene rings is 3. The highest BCUT2D eigenvalue weighted by molar-refractivity contribution is 6.04. The molecule has 1 N–H and O–H groups in total. The minimum Gasteiger partial charge on any atom is -0.463 e. The lowest BCUT2D eigenvalue weighted by molar-refractivity contribution is -0.137. The van der Waals surface area contributed by atoms with Crippen LogP contribution in [0.3, 0.4) is 0 Å². The van der Waals surface area contributed by atoms with Gasteiger partial charge in [-0.3, -0.25) is 4.79 Å². The zero-order valence-corrected chi connectivity index (χ0v) is 16.8. The van der Waals surface area contributed by atoms with Crippen molar-refractivity contribution in [3.8, 4) is 5.69 Å². The molecule has 0 radical (unpaired) electrons. The molecule has 0 unspecified atom stereocenters. The lowest BCUT2D eigenvalue weighted by Crippen LogP contribution is -2.07. The van der Waals surface area contributed by atoms with Crippen LogP contribution in [0.5, 0.6) is 0 Å². The van der Waals surface area contributed by atoms with Crippen molar-refractivity contribution in [1.29, 1.82) is 0 Å². The van der Waals surface area contributed by atoms with Crippen LogP contribution < -0.4 is 5.56 Å². The summed E-state index contributed by atoms with van der Waals surface area (Å²) in [5.41, 5.74) is 2.54. The van der Waals surface area contributed by atoms with Crippen molar-refractivity contribution >= 4 is 44.6 Å². The lowest BCUT2D eigenvalue weighted by Gasteiger charge is -2.03. The first-order valence-corrected chi connectivity index (χ1v) is 10.0. The number of aromatic amines is 1. The summed E-state index contributed by atoms with van der Waals surface area (Å²) in [5.74, 6) is -0.390. The molecule has 0 aliphatic heterocycles. The van der Waals surface area contributed by atoms with Gasteiger partial charge in [-0.25, -0.2) is 9.48 Å². The number of rotatable bonds is 4. The summed E-state index contributed by atoms with van der Waals surface area (Å²) >= 11 is 0. The van der Waals surface area contributed by atoms with Gasteiger partial charge in [-0.15, -0.1) is 0 Å². The molecule has 0 aliphatic rings. The van der Waals surface area contributed by atoms with E-state index in [1.54, 1.807) is 17.7 Å². The number of pyridine rings is 1. The van der Waals surface area contributed by atoms with Gasteiger partial charge >= 0.3 is 5.97 Å². The van der Waals surface area contributed by atoms with Crippen LogP contribution in [-0.4, -0.2) is 27.3 Å². The van der Waals surface area contributed by atoms with Gasteiger partial charge in [0, 0.05) is 28.6 Å². The van der Waals surface area contributed by atoms with E-state index >= 15 is 0 Å². The molecule has 152 valence electrons. The predicted octanol–water partition coefficient (Wildman–Crippen LogP) is 4.60. The molecule has 0 aliphatic carbocycles. The molecule has 5 aromatic rings. The van der Waals surface area contributed by atoms with Gasteiger partial charge in [0.15, 0.2) is 5.52 Å². The van der Waals surface area contributed by atoms with Crippen LogP contribution in [0.25, 0.3) is 44.3 Å². The summed E-state index contributed by atoms with van der Waals surface area (Å²) in [7, 11) is 0. The summed E-state index contributed by atoms with van der Waals surface area (Å²) in [6, 6.07) is 19.8. The van der Waals surface area contributed by atoms with E-state index in [4.69, 9.17) is 4.74 Å². The smallest absolute Gasteiger partial charge is 0.330 e. The van der Waals surface area contributed by atoms with Crippen molar-refractivity contribution in [3.63, 3.8) is 0 Å². The third-order valence-corrected chi connectivity index (χ3v) is 5.21. The Morgan fingerprint density at radius 3 is 2.74 bits per heavy atom. The van der Waals surface area contributed by atoms with Crippen molar-refractivity contribution in [1.82, 2.24) is 14.8 Å². The Bertz CT molecular complexity index is 1540. The monoisotopic (exact) mass is 409 g/mol. The quantitative estimate of drug-likeness (QED) is 0.348. The number of carbonyl (C=O) groups excluding carboxylic acids is 1. The van der Waals surface area contributed by atoms with E-state index in [0.29, 0.717) is 17.6 Å². The van der Waals surface area contributed by atoms with Crippen LogP contribution in [0, 0.1) is 0 Å². The number of hydrogen-bond acceptors (Lipinski definition) is 4. The summed E-state index contributed by atoms with van der Waals surface area (Å²) in [6.07, 6.45) is 4.96. The molecule has 0 spiro atoms. The van der Waals surface area contributed by atoms with E-state index < -0.39 is 5.97 Å². The zero-order chi connectivity index (χ0) is 21.4. The fraction of sp³-hybridized carbons (Fsp3) is 0.0800. The molecule has 0 amide bonds. The molecule has 0 fully saturated rings. The Balaban J connectivity index is 1.64. The van der Waals surface area contributed by atoms with Crippen LogP contribution in [0.2, 0.25) is 0 Å². The average molecular weight is 409 g/mol. The third-order valence-electron chi connectivity index (χ3n) is 5.21. The molecule has 3 aromatic carbocycles. The van der Waals surface area contributed by atoms with E-state index in [2.05, 4.69) is 16.1 Å². The third kappa shape index (κ3) is 3.48. The second kappa shape index (κ2) is 7.57. The first kappa shape index (κ1) is 18.8. The van der Waals surface area contributed by atoms with Crippen LogP contribution in [0.15, 0.2) is 77.7 Å². The lowest BCUT2D eigenvalue weighted by atomic mass is 10.1. The van der Waals surface area contributed by atoms with Crippen molar-refractivity contribution in [3.05, 3.63) is 88.9 Å². The summed E-state index contributed by atoms with van der Waals surface area (Å²) in [4.78, 5) is 27.1. The maximum Gasteiger partial charge on any atom is 0.330 e. The topological polar surface area (TPSA) is 77.0 Å². The fourth-order valence-electron chi connectivity index (χ4n) is 3.72. The van der Waals surface area contributed by atoms with E-state index in [1.807, 2.05) is 60.8 Å². The first-order valence-electron chi connectivity index (χ1n) is 10.0. The van der Waals surface area contributed by atoms with E-state index in [0.717, 1.165) is 32.8 Å². The van der Waals surface area contributed by atoms with Gasteiger partial charge in [-0.1, -0.05) is 36.4 Å². The highest BCUT2D eigenvalue weighted by Crippen LogP contribution is 2.25. The van der Waals surface area contributed by atoms with Gasteiger partial charge in [0.1, 0.15) is 0 Å². The van der Waals surface area contributed by atoms with Gasteiger partial charge in [-0.2, -0.15) is 5.10 Å². The Labute approximate surface area is 177 Å². The highest BCUT2D eigenvalue weighted by atomic mass is 16.5. The normalized spacial score (nSPS) is 11.6.